The second-order valence-corrected chi connectivity index (χ2v) is 8.72. The molecule has 2 heterocycles. The molecule has 5 rings (SSSR count). The Hall–Kier alpha value is -2.99. The molecule has 4 aromatic rings. The van der Waals surface area contributed by atoms with Crippen LogP contribution in [0.3, 0.4) is 0 Å². The summed E-state index contributed by atoms with van der Waals surface area (Å²) in [5.74, 6) is 0.270. The maximum absolute atomic E-state index is 12.2. The summed E-state index contributed by atoms with van der Waals surface area (Å²) in [7, 11) is 0. The summed E-state index contributed by atoms with van der Waals surface area (Å²) in [6, 6.07) is 17.4. The van der Waals surface area contributed by atoms with Gasteiger partial charge in [-0.3, -0.25) is 9.48 Å². The van der Waals surface area contributed by atoms with Crippen LogP contribution in [0.2, 0.25) is 0 Å². The van der Waals surface area contributed by atoms with Crippen LogP contribution in [-0.2, 0) is 4.79 Å². The zero-order valence-corrected chi connectivity index (χ0v) is 17.7. The lowest BCUT2D eigenvalue weighted by molar-refractivity contribution is -0.124. The molecule has 2 atom stereocenters. The first kappa shape index (κ1) is 19.0. The third-order valence-corrected chi connectivity index (χ3v) is 6.78. The molecule has 30 heavy (non-hydrogen) atoms. The Kier molecular flexibility index (Phi) is 5.09. The smallest absolute Gasteiger partial charge is 0.223 e. The van der Waals surface area contributed by atoms with E-state index < -0.39 is 0 Å². The van der Waals surface area contributed by atoms with E-state index in [2.05, 4.69) is 68.6 Å². The van der Waals surface area contributed by atoms with E-state index in [-0.39, 0.29) is 17.9 Å². The monoisotopic (exact) mass is 416 g/mol. The summed E-state index contributed by atoms with van der Waals surface area (Å²) < 4.78 is 3.31. The molecule has 0 spiro atoms. The molecule has 1 N–H and O–H groups in total. The number of nitrogens with one attached hydrogen (secondary N) is 1. The van der Waals surface area contributed by atoms with Crippen LogP contribution in [0.1, 0.15) is 32.2 Å². The summed E-state index contributed by atoms with van der Waals surface area (Å²) in [5, 5.41) is 7.56. The molecule has 0 bridgehead atoms. The number of nitrogens with zero attached hydrogens (tertiary/aromatic N) is 3. The highest BCUT2D eigenvalue weighted by atomic mass is 32.1. The zero-order chi connectivity index (χ0) is 20.5. The number of carbonyl (C=O) groups excluding carboxylic acids is 1. The van der Waals surface area contributed by atoms with Crippen LogP contribution in [0.5, 0.6) is 0 Å². The fourth-order valence-corrected chi connectivity index (χ4v) is 5.15. The van der Waals surface area contributed by atoms with Gasteiger partial charge in [-0.15, -0.1) is 11.3 Å². The van der Waals surface area contributed by atoms with Crippen LogP contribution in [0.4, 0.5) is 0 Å². The van der Waals surface area contributed by atoms with Crippen molar-refractivity contribution in [1.29, 1.82) is 0 Å². The standard InChI is InChI=1S/C24H24N4OS/c1-2-25-24(29)19-7-9-20(13-19)28-22(11-12-27-28)17-5-3-16(4-6-17)18-8-10-21-23(14-18)30-15-26-21/h3-6,8,10-12,14-15,19-20H,2,7,9,13H2,1H3,(H,25,29). The molecule has 1 amide bonds. The van der Waals surface area contributed by atoms with Crippen LogP contribution in [0, 0.1) is 5.92 Å². The number of fused-ring (bicyclic) bond motifs is 1. The van der Waals surface area contributed by atoms with E-state index in [0.717, 1.165) is 36.0 Å². The molecule has 2 unspecified atom stereocenters. The summed E-state index contributed by atoms with van der Waals surface area (Å²) in [6.45, 7) is 2.66. The van der Waals surface area contributed by atoms with Crippen LogP contribution >= 0.6 is 11.3 Å². The van der Waals surface area contributed by atoms with Gasteiger partial charge in [-0.2, -0.15) is 5.10 Å². The predicted molar refractivity (Wildman–Crippen MR) is 121 cm³/mol. The van der Waals surface area contributed by atoms with Crippen LogP contribution < -0.4 is 5.32 Å². The first-order chi connectivity index (χ1) is 14.7. The van der Waals surface area contributed by atoms with Gasteiger partial charge in [0.15, 0.2) is 0 Å². The van der Waals surface area contributed by atoms with Gasteiger partial charge in [0.25, 0.3) is 0 Å². The topological polar surface area (TPSA) is 59.8 Å². The highest BCUT2D eigenvalue weighted by Crippen LogP contribution is 2.37. The van der Waals surface area contributed by atoms with Crippen molar-refractivity contribution in [3.05, 3.63) is 60.2 Å². The third kappa shape index (κ3) is 3.52. The van der Waals surface area contributed by atoms with Crippen molar-refractivity contribution in [2.75, 3.05) is 6.54 Å². The number of thiazole rings is 1. The lowest BCUT2D eigenvalue weighted by Crippen LogP contribution is -2.29. The Morgan fingerprint density at radius 1 is 1.10 bits per heavy atom. The fraction of sp³-hybridized carbons (Fsp3) is 0.292. The highest BCUT2D eigenvalue weighted by Gasteiger charge is 2.32. The number of benzene rings is 2. The van der Waals surface area contributed by atoms with Gasteiger partial charge in [0.2, 0.25) is 5.91 Å². The minimum atomic E-state index is 0.0936. The van der Waals surface area contributed by atoms with Crippen LogP contribution in [0.15, 0.2) is 60.2 Å². The number of carbonyl (C=O) groups is 1. The van der Waals surface area contributed by atoms with Gasteiger partial charge in [-0.05, 0) is 61.1 Å². The van der Waals surface area contributed by atoms with Gasteiger partial charge in [0, 0.05) is 18.7 Å². The number of hydrogen-bond acceptors (Lipinski definition) is 4. The molecule has 0 saturated heterocycles. The molecule has 6 heteroatoms. The largest absolute Gasteiger partial charge is 0.356 e. The molecule has 0 radical (unpaired) electrons. The molecule has 1 fully saturated rings. The normalized spacial score (nSPS) is 18.7. The minimum Gasteiger partial charge on any atom is -0.356 e. The quantitative estimate of drug-likeness (QED) is 0.480. The van der Waals surface area contributed by atoms with Crippen molar-refractivity contribution >= 4 is 27.5 Å². The highest BCUT2D eigenvalue weighted by molar-refractivity contribution is 7.16. The molecular weight excluding hydrogens is 392 g/mol. The van der Waals surface area contributed by atoms with Gasteiger partial charge < -0.3 is 5.32 Å². The third-order valence-electron chi connectivity index (χ3n) is 5.99. The second-order valence-electron chi connectivity index (χ2n) is 7.83. The number of amides is 1. The molecule has 1 aliphatic carbocycles. The Bertz CT molecular complexity index is 1180. The Morgan fingerprint density at radius 2 is 1.90 bits per heavy atom. The summed E-state index contributed by atoms with van der Waals surface area (Å²) in [4.78, 5) is 16.6. The maximum atomic E-state index is 12.2. The van der Waals surface area contributed by atoms with Gasteiger partial charge >= 0.3 is 0 Å². The number of hydrogen-bond donors (Lipinski definition) is 1. The van der Waals surface area contributed by atoms with E-state index in [1.165, 1.54) is 15.8 Å². The summed E-state index contributed by atoms with van der Waals surface area (Å²) in [5.41, 5.74) is 7.59. The fourth-order valence-electron chi connectivity index (χ4n) is 4.44. The summed E-state index contributed by atoms with van der Waals surface area (Å²) >= 11 is 1.67. The second kappa shape index (κ2) is 8.03. The van der Waals surface area contributed by atoms with Gasteiger partial charge in [0.1, 0.15) is 0 Å². The molecule has 2 aromatic heterocycles. The van der Waals surface area contributed by atoms with Crippen molar-refractivity contribution in [3.8, 4) is 22.4 Å². The zero-order valence-electron chi connectivity index (χ0n) is 16.9. The molecular formula is C24H24N4OS. The van der Waals surface area contributed by atoms with Crippen molar-refractivity contribution < 1.29 is 4.79 Å². The maximum Gasteiger partial charge on any atom is 0.223 e. The Morgan fingerprint density at radius 3 is 2.73 bits per heavy atom. The molecule has 1 aliphatic rings. The van der Waals surface area contributed by atoms with Crippen molar-refractivity contribution in [2.45, 2.75) is 32.2 Å². The van der Waals surface area contributed by atoms with E-state index >= 15 is 0 Å². The Labute approximate surface area is 179 Å². The predicted octanol–water partition coefficient (Wildman–Crippen LogP) is 5.30. The lowest BCUT2D eigenvalue weighted by atomic mass is 10.0. The average molecular weight is 417 g/mol. The first-order valence-electron chi connectivity index (χ1n) is 10.5. The van der Waals surface area contributed by atoms with E-state index in [1.54, 1.807) is 11.3 Å². The number of aromatic nitrogens is 3. The van der Waals surface area contributed by atoms with Gasteiger partial charge in [-0.1, -0.05) is 30.3 Å². The van der Waals surface area contributed by atoms with E-state index in [4.69, 9.17) is 0 Å². The minimum absolute atomic E-state index is 0.0936. The van der Waals surface area contributed by atoms with Crippen molar-refractivity contribution in [2.24, 2.45) is 5.92 Å². The van der Waals surface area contributed by atoms with Crippen LogP contribution in [0.25, 0.3) is 32.6 Å². The van der Waals surface area contributed by atoms with Crippen LogP contribution in [-0.4, -0.2) is 27.2 Å². The van der Waals surface area contributed by atoms with Gasteiger partial charge in [0.05, 0.1) is 27.5 Å². The summed E-state index contributed by atoms with van der Waals surface area (Å²) in [6.07, 6.45) is 4.63. The van der Waals surface area contributed by atoms with Crippen molar-refractivity contribution in [1.82, 2.24) is 20.1 Å². The van der Waals surface area contributed by atoms with Gasteiger partial charge in [-0.25, -0.2) is 4.98 Å². The molecule has 5 nitrogen and oxygen atoms in total. The van der Waals surface area contributed by atoms with E-state index in [1.807, 2.05) is 18.6 Å². The lowest BCUT2D eigenvalue weighted by Gasteiger charge is -2.16. The average Bonchev–Trinajstić information content (AvgIpc) is 3.53. The first-order valence-corrected chi connectivity index (χ1v) is 11.4. The SMILES string of the molecule is CCNC(=O)C1CCC(n2nccc2-c2ccc(-c3ccc4ncsc4c3)cc2)C1. The molecule has 152 valence electrons. The molecule has 1 saturated carbocycles. The molecule has 0 aliphatic heterocycles. The Balaban J connectivity index is 1.37. The van der Waals surface area contributed by atoms with E-state index in [0.29, 0.717) is 6.54 Å². The van der Waals surface area contributed by atoms with Crippen molar-refractivity contribution in [3.63, 3.8) is 0 Å². The van der Waals surface area contributed by atoms with E-state index in [9.17, 15) is 4.79 Å². The number of rotatable bonds is 5. The molecule has 2 aromatic carbocycles.